The molecule has 2 heteroatoms. The molecule has 0 aromatic carbocycles. The van der Waals surface area contributed by atoms with Crippen molar-refractivity contribution in [1.29, 1.82) is 0 Å². The zero-order valence-electron chi connectivity index (χ0n) is 10.6. The van der Waals surface area contributed by atoms with Gasteiger partial charge in [0.05, 0.1) is 5.25 Å². The molecule has 16 heavy (non-hydrogen) atoms. The van der Waals surface area contributed by atoms with Crippen LogP contribution in [0.5, 0.6) is 0 Å². The lowest BCUT2D eigenvalue weighted by atomic mass is 9.73. The Kier molecular flexibility index (Phi) is 3.99. The molecule has 1 heterocycles. The van der Waals surface area contributed by atoms with Crippen molar-refractivity contribution >= 4 is 17.5 Å². The third-order valence-corrected chi connectivity index (χ3v) is 5.48. The molecule has 2 fully saturated rings. The summed E-state index contributed by atoms with van der Waals surface area (Å²) in [6.07, 6.45) is 8.40. The van der Waals surface area contributed by atoms with E-state index >= 15 is 0 Å². The van der Waals surface area contributed by atoms with E-state index in [2.05, 4.69) is 13.8 Å². The first kappa shape index (κ1) is 12.5. The van der Waals surface area contributed by atoms with E-state index in [1.54, 1.807) is 0 Å². The van der Waals surface area contributed by atoms with Crippen LogP contribution in [0.2, 0.25) is 0 Å². The minimum absolute atomic E-state index is 0.0795. The van der Waals surface area contributed by atoms with E-state index in [9.17, 15) is 4.79 Å². The fraction of sp³-hybridized carbons (Fsp3) is 0.929. The summed E-state index contributed by atoms with van der Waals surface area (Å²) in [4.78, 5) is 12.7. The van der Waals surface area contributed by atoms with Gasteiger partial charge in [-0.3, -0.25) is 4.79 Å². The first-order valence-corrected chi connectivity index (χ1v) is 7.85. The van der Waals surface area contributed by atoms with Gasteiger partial charge >= 0.3 is 0 Å². The lowest BCUT2D eigenvalue weighted by molar-refractivity contribution is -0.128. The van der Waals surface area contributed by atoms with Crippen molar-refractivity contribution in [2.75, 3.05) is 5.75 Å². The summed E-state index contributed by atoms with van der Waals surface area (Å²) in [7, 11) is 0. The standard InChI is InChI=1S/C14H24OS/c1-11(2)10-14(7-3-4-8-14)13(15)12-6-5-9-16-12/h11-12H,3-10H2,1-2H3. The van der Waals surface area contributed by atoms with Crippen molar-refractivity contribution in [2.24, 2.45) is 11.3 Å². The van der Waals surface area contributed by atoms with E-state index in [1.165, 1.54) is 37.9 Å². The van der Waals surface area contributed by atoms with Gasteiger partial charge in [0.2, 0.25) is 0 Å². The first-order valence-electron chi connectivity index (χ1n) is 6.80. The summed E-state index contributed by atoms with van der Waals surface area (Å²) >= 11 is 1.91. The summed E-state index contributed by atoms with van der Waals surface area (Å²) in [6, 6.07) is 0. The molecule has 0 radical (unpaired) electrons. The molecular weight excluding hydrogens is 216 g/mol. The molecular formula is C14H24OS. The third kappa shape index (κ3) is 2.47. The number of rotatable bonds is 4. The Morgan fingerprint density at radius 3 is 2.50 bits per heavy atom. The minimum Gasteiger partial charge on any atom is -0.298 e. The van der Waals surface area contributed by atoms with Crippen molar-refractivity contribution in [3.8, 4) is 0 Å². The molecule has 1 saturated heterocycles. The van der Waals surface area contributed by atoms with Crippen molar-refractivity contribution in [3.63, 3.8) is 0 Å². The molecule has 0 aromatic rings. The molecule has 92 valence electrons. The van der Waals surface area contributed by atoms with Gasteiger partial charge in [0.1, 0.15) is 0 Å². The average Bonchev–Trinajstić information content (AvgIpc) is 2.85. The molecule has 0 aromatic heterocycles. The monoisotopic (exact) mass is 240 g/mol. The van der Waals surface area contributed by atoms with Crippen LogP contribution in [0, 0.1) is 11.3 Å². The molecule has 1 unspecified atom stereocenters. The maximum atomic E-state index is 12.7. The van der Waals surface area contributed by atoms with E-state index in [0.717, 1.165) is 12.8 Å². The lowest BCUT2D eigenvalue weighted by Crippen LogP contribution is -2.35. The molecule has 2 rings (SSSR count). The highest BCUT2D eigenvalue weighted by Gasteiger charge is 2.44. The van der Waals surface area contributed by atoms with Crippen molar-refractivity contribution < 1.29 is 4.79 Å². The fourth-order valence-electron chi connectivity index (χ4n) is 3.51. The van der Waals surface area contributed by atoms with E-state index < -0.39 is 0 Å². The van der Waals surface area contributed by atoms with E-state index in [1.807, 2.05) is 11.8 Å². The molecule has 1 aliphatic carbocycles. The highest BCUT2D eigenvalue weighted by Crippen LogP contribution is 2.47. The van der Waals surface area contributed by atoms with Crippen molar-refractivity contribution in [3.05, 3.63) is 0 Å². The normalized spacial score (nSPS) is 28.8. The van der Waals surface area contributed by atoms with Crippen LogP contribution in [0.3, 0.4) is 0 Å². The Morgan fingerprint density at radius 2 is 2.00 bits per heavy atom. The van der Waals surface area contributed by atoms with Crippen LogP contribution >= 0.6 is 11.8 Å². The molecule has 1 atom stereocenters. The second-order valence-corrected chi connectivity index (χ2v) is 7.26. The van der Waals surface area contributed by atoms with Crippen molar-refractivity contribution in [2.45, 2.75) is 64.0 Å². The van der Waals surface area contributed by atoms with E-state index in [-0.39, 0.29) is 5.41 Å². The third-order valence-electron chi connectivity index (χ3n) is 4.10. The Morgan fingerprint density at radius 1 is 1.31 bits per heavy atom. The highest BCUT2D eigenvalue weighted by molar-refractivity contribution is 8.00. The lowest BCUT2D eigenvalue weighted by Gasteiger charge is -2.31. The molecule has 1 saturated carbocycles. The number of hydrogen-bond donors (Lipinski definition) is 0. The van der Waals surface area contributed by atoms with Crippen LogP contribution in [0.15, 0.2) is 0 Å². The summed E-state index contributed by atoms with van der Waals surface area (Å²) in [5, 5.41) is 0.344. The molecule has 1 aliphatic heterocycles. The predicted octanol–water partition coefficient (Wildman–Crippen LogP) is 4.06. The Labute approximate surface area is 104 Å². The van der Waals surface area contributed by atoms with Gasteiger partial charge in [-0.1, -0.05) is 26.7 Å². The van der Waals surface area contributed by atoms with Crippen molar-refractivity contribution in [1.82, 2.24) is 0 Å². The molecule has 0 bridgehead atoms. The van der Waals surface area contributed by atoms with Crippen LogP contribution in [-0.4, -0.2) is 16.8 Å². The van der Waals surface area contributed by atoms with Crippen LogP contribution in [0.1, 0.15) is 58.8 Å². The SMILES string of the molecule is CC(C)CC1(C(=O)C2CCCS2)CCCC1. The first-order chi connectivity index (χ1) is 7.64. The van der Waals surface area contributed by atoms with Crippen LogP contribution in [-0.2, 0) is 4.79 Å². The highest BCUT2D eigenvalue weighted by atomic mass is 32.2. The second kappa shape index (κ2) is 5.12. The smallest absolute Gasteiger partial charge is 0.151 e. The predicted molar refractivity (Wildman–Crippen MR) is 70.8 cm³/mol. The number of carbonyl (C=O) groups is 1. The molecule has 0 N–H and O–H groups in total. The summed E-state index contributed by atoms with van der Waals surface area (Å²) in [5.74, 6) is 2.48. The zero-order valence-corrected chi connectivity index (χ0v) is 11.4. The summed E-state index contributed by atoms with van der Waals surface area (Å²) < 4.78 is 0. The number of Topliss-reactive ketones (excluding diaryl/α,β-unsaturated/α-hetero) is 1. The van der Waals surface area contributed by atoms with Gasteiger partial charge in [0.15, 0.2) is 5.78 Å². The number of carbonyl (C=O) groups excluding carboxylic acids is 1. The summed E-state index contributed by atoms with van der Waals surface area (Å²) in [6.45, 7) is 4.52. The Bertz CT molecular complexity index is 247. The van der Waals surface area contributed by atoms with E-state index in [0.29, 0.717) is 17.0 Å². The van der Waals surface area contributed by atoms with Gasteiger partial charge in [0, 0.05) is 5.41 Å². The Balaban J connectivity index is 2.08. The van der Waals surface area contributed by atoms with Gasteiger partial charge in [-0.05, 0) is 43.8 Å². The Hall–Kier alpha value is 0.0200. The fourth-order valence-corrected chi connectivity index (χ4v) is 4.86. The number of hydrogen-bond acceptors (Lipinski definition) is 2. The maximum Gasteiger partial charge on any atom is 0.151 e. The minimum atomic E-state index is 0.0795. The summed E-state index contributed by atoms with van der Waals surface area (Å²) in [5.41, 5.74) is 0.0795. The molecule has 2 aliphatic rings. The second-order valence-electron chi connectivity index (χ2n) is 5.95. The van der Waals surface area contributed by atoms with Gasteiger partial charge in [0.25, 0.3) is 0 Å². The van der Waals surface area contributed by atoms with E-state index in [4.69, 9.17) is 0 Å². The topological polar surface area (TPSA) is 17.1 Å². The number of ketones is 1. The quantitative estimate of drug-likeness (QED) is 0.737. The average molecular weight is 240 g/mol. The number of thioether (sulfide) groups is 1. The van der Waals surface area contributed by atoms with Crippen LogP contribution in [0.25, 0.3) is 0 Å². The zero-order chi connectivity index (χ0) is 11.6. The van der Waals surface area contributed by atoms with Crippen LogP contribution in [0.4, 0.5) is 0 Å². The molecule has 0 amide bonds. The van der Waals surface area contributed by atoms with Crippen LogP contribution < -0.4 is 0 Å². The van der Waals surface area contributed by atoms with Gasteiger partial charge in [-0.25, -0.2) is 0 Å². The maximum absolute atomic E-state index is 12.7. The van der Waals surface area contributed by atoms with Gasteiger partial charge in [-0.2, -0.15) is 11.8 Å². The van der Waals surface area contributed by atoms with Gasteiger partial charge in [-0.15, -0.1) is 0 Å². The van der Waals surface area contributed by atoms with Gasteiger partial charge < -0.3 is 0 Å². The molecule has 1 nitrogen and oxygen atoms in total. The molecule has 0 spiro atoms. The largest absolute Gasteiger partial charge is 0.298 e.